The second kappa shape index (κ2) is 8.41. The van der Waals surface area contributed by atoms with E-state index < -0.39 is 5.82 Å². The summed E-state index contributed by atoms with van der Waals surface area (Å²) in [5.74, 6) is -0.834. The third-order valence-electron chi connectivity index (χ3n) is 5.55. The minimum absolute atomic E-state index is 0.0549. The van der Waals surface area contributed by atoms with Gasteiger partial charge in [-0.15, -0.1) is 0 Å². The molecule has 0 aromatic heterocycles. The maximum Gasteiger partial charge on any atom is 0.255 e. The van der Waals surface area contributed by atoms with Gasteiger partial charge in [0.2, 0.25) is 0 Å². The van der Waals surface area contributed by atoms with Crippen LogP contribution in [-0.4, -0.2) is 30.5 Å². The standard InChI is InChI=1S/C22H26ClFN2O/c1-26(2,19-6-4-3-5-7-19)15-16-8-11-18(12-9-16)25-22(27)17-10-13-21(24)20(23)14-17/h8-14,19H,3-7,15H2,1-2H3/p+1. The van der Waals surface area contributed by atoms with E-state index in [9.17, 15) is 9.18 Å². The average Bonchev–Trinajstić information content (AvgIpc) is 2.66. The van der Waals surface area contributed by atoms with Crippen molar-refractivity contribution in [2.75, 3.05) is 19.4 Å². The minimum Gasteiger partial charge on any atom is -0.322 e. The van der Waals surface area contributed by atoms with Crippen molar-refractivity contribution in [3.8, 4) is 0 Å². The van der Waals surface area contributed by atoms with Crippen molar-refractivity contribution in [3.05, 3.63) is 64.4 Å². The Morgan fingerprint density at radius 2 is 1.78 bits per heavy atom. The number of anilines is 1. The number of nitrogens with zero attached hydrogens (tertiary/aromatic N) is 1. The van der Waals surface area contributed by atoms with E-state index in [2.05, 4.69) is 31.5 Å². The van der Waals surface area contributed by atoms with Gasteiger partial charge in [0.1, 0.15) is 12.4 Å². The molecular formula is C22H27ClFN2O+. The second-order valence-electron chi connectivity index (χ2n) is 8.01. The normalized spacial score (nSPS) is 15.6. The van der Waals surface area contributed by atoms with Crippen LogP contribution in [0.4, 0.5) is 10.1 Å². The number of amides is 1. The van der Waals surface area contributed by atoms with Gasteiger partial charge in [-0.05, 0) is 56.0 Å². The van der Waals surface area contributed by atoms with Crippen LogP contribution in [0.2, 0.25) is 5.02 Å². The Kier molecular flexibility index (Phi) is 6.18. The van der Waals surface area contributed by atoms with Crippen LogP contribution >= 0.6 is 11.6 Å². The summed E-state index contributed by atoms with van der Waals surface area (Å²) >= 11 is 5.75. The van der Waals surface area contributed by atoms with Gasteiger partial charge in [-0.1, -0.05) is 30.2 Å². The molecule has 0 heterocycles. The SMILES string of the molecule is C[N+](C)(Cc1ccc(NC(=O)c2ccc(F)c(Cl)c2)cc1)C1CCCCC1. The third kappa shape index (κ3) is 5.08. The maximum atomic E-state index is 13.2. The number of carbonyl (C=O) groups excluding carboxylic acids is 1. The van der Waals surface area contributed by atoms with E-state index in [-0.39, 0.29) is 10.9 Å². The van der Waals surface area contributed by atoms with Crippen molar-refractivity contribution >= 4 is 23.2 Å². The zero-order valence-electron chi connectivity index (χ0n) is 16.0. The Morgan fingerprint density at radius 1 is 1.11 bits per heavy atom. The van der Waals surface area contributed by atoms with Crippen molar-refractivity contribution in [2.24, 2.45) is 0 Å². The quantitative estimate of drug-likeness (QED) is 0.658. The Balaban J connectivity index is 1.62. The van der Waals surface area contributed by atoms with Gasteiger partial charge in [0.15, 0.2) is 0 Å². The van der Waals surface area contributed by atoms with Gasteiger partial charge in [0.25, 0.3) is 5.91 Å². The lowest BCUT2D eigenvalue weighted by Gasteiger charge is -2.40. The zero-order valence-corrected chi connectivity index (χ0v) is 16.7. The van der Waals surface area contributed by atoms with Crippen molar-refractivity contribution in [2.45, 2.75) is 44.7 Å². The van der Waals surface area contributed by atoms with Gasteiger partial charge in [0, 0.05) is 16.8 Å². The fraction of sp³-hybridized carbons (Fsp3) is 0.409. The van der Waals surface area contributed by atoms with Crippen LogP contribution in [-0.2, 0) is 6.54 Å². The summed E-state index contributed by atoms with van der Waals surface area (Å²) in [5.41, 5.74) is 2.31. The smallest absolute Gasteiger partial charge is 0.255 e. The molecule has 1 saturated carbocycles. The Morgan fingerprint density at radius 3 is 2.41 bits per heavy atom. The minimum atomic E-state index is -0.531. The molecule has 0 spiro atoms. The molecule has 1 fully saturated rings. The van der Waals surface area contributed by atoms with E-state index in [1.807, 2.05) is 12.1 Å². The topological polar surface area (TPSA) is 29.1 Å². The summed E-state index contributed by atoms with van der Waals surface area (Å²) in [6, 6.07) is 12.7. The first kappa shape index (κ1) is 19.8. The molecule has 0 atom stereocenters. The highest BCUT2D eigenvalue weighted by molar-refractivity contribution is 6.31. The van der Waals surface area contributed by atoms with Crippen LogP contribution < -0.4 is 5.32 Å². The number of carbonyl (C=O) groups is 1. The van der Waals surface area contributed by atoms with Gasteiger partial charge < -0.3 is 9.80 Å². The summed E-state index contributed by atoms with van der Waals surface area (Å²) in [4.78, 5) is 12.3. The van der Waals surface area contributed by atoms with Crippen molar-refractivity contribution in [3.63, 3.8) is 0 Å². The second-order valence-corrected chi connectivity index (χ2v) is 8.42. The van der Waals surface area contributed by atoms with E-state index in [4.69, 9.17) is 11.6 Å². The van der Waals surface area contributed by atoms with Crippen molar-refractivity contribution in [1.82, 2.24) is 0 Å². The Hall–Kier alpha value is -1.91. The van der Waals surface area contributed by atoms with E-state index in [1.54, 1.807) is 0 Å². The number of hydrogen-bond acceptors (Lipinski definition) is 1. The van der Waals surface area contributed by atoms with Crippen molar-refractivity contribution < 1.29 is 13.7 Å². The first-order valence-electron chi connectivity index (χ1n) is 9.53. The largest absolute Gasteiger partial charge is 0.322 e. The van der Waals surface area contributed by atoms with E-state index >= 15 is 0 Å². The zero-order chi connectivity index (χ0) is 19.4. The molecule has 0 bridgehead atoms. The Labute approximate surface area is 165 Å². The number of benzene rings is 2. The summed E-state index contributed by atoms with van der Waals surface area (Å²) < 4.78 is 14.2. The first-order valence-corrected chi connectivity index (χ1v) is 9.91. The molecule has 0 saturated heterocycles. The lowest BCUT2D eigenvalue weighted by atomic mass is 9.92. The molecule has 1 aliphatic rings. The van der Waals surface area contributed by atoms with Crippen LogP contribution in [0.1, 0.15) is 48.0 Å². The summed E-state index contributed by atoms with van der Waals surface area (Å²) in [7, 11) is 4.62. The molecule has 0 radical (unpaired) electrons. The number of hydrogen-bond donors (Lipinski definition) is 1. The highest BCUT2D eigenvalue weighted by atomic mass is 35.5. The summed E-state index contributed by atoms with van der Waals surface area (Å²) in [6.07, 6.45) is 6.66. The van der Waals surface area contributed by atoms with Crippen LogP contribution in [0.15, 0.2) is 42.5 Å². The first-order chi connectivity index (χ1) is 12.8. The number of nitrogens with one attached hydrogen (secondary N) is 1. The molecule has 1 N–H and O–H groups in total. The van der Waals surface area contributed by atoms with Crippen LogP contribution in [0.3, 0.4) is 0 Å². The lowest BCUT2D eigenvalue weighted by Crippen LogP contribution is -2.48. The molecule has 5 heteroatoms. The molecule has 2 aromatic carbocycles. The van der Waals surface area contributed by atoms with E-state index in [1.165, 1.54) is 55.9 Å². The van der Waals surface area contributed by atoms with Gasteiger partial charge in [-0.2, -0.15) is 0 Å². The number of quaternary nitrogens is 1. The predicted molar refractivity (Wildman–Crippen MR) is 108 cm³/mol. The van der Waals surface area contributed by atoms with Crippen LogP contribution in [0.25, 0.3) is 0 Å². The highest BCUT2D eigenvalue weighted by Crippen LogP contribution is 2.27. The molecule has 27 heavy (non-hydrogen) atoms. The van der Waals surface area contributed by atoms with Gasteiger partial charge in [0.05, 0.1) is 25.2 Å². The maximum absolute atomic E-state index is 13.2. The van der Waals surface area contributed by atoms with Crippen LogP contribution in [0.5, 0.6) is 0 Å². The fourth-order valence-electron chi connectivity index (χ4n) is 3.91. The predicted octanol–water partition coefficient (Wildman–Crippen LogP) is 5.64. The van der Waals surface area contributed by atoms with E-state index in [0.29, 0.717) is 11.3 Å². The highest BCUT2D eigenvalue weighted by Gasteiger charge is 2.29. The fourth-order valence-corrected chi connectivity index (χ4v) is 4.09. The number of halogens is 2. The van der Waals surface area contributed by atoms with Gasteiger partial charge in [-0.25, -0.2) is 4.39 Å². The molecule has 2 aromatic rings. The molecule has 0 unspecified atom stereocenters. The molecule has 0 aliphatic heterocycles. The number of rotatable bonds is 5. The van der Waals surface area contributed by atoms with Crippen LogP contribution in [0, 0.1) is 5.82 Å². The van der Waals surface area contributed by atoms with Gasteiger partial charge >= 0.3 is 0 Å². The van der Waals surface area contributed by atoms with Gasteiger partial charge in [-0.3, -0.25) is 4.79 Å². The van der Waals surface area contributed by atoms with Crippen molar-refractivity contribution in [1.29, 1.82) is 0 Å². The third-order valence-corrected chi connectivity index (χ3v) is 5.84. The molecule has 3 nitrogen and oxygen atoms in total. The summed E-state index contributed by atoms with van der Waals surface area (Å²) in [6.45, 7) is 0.979. The molecular weight excluding hydrogens is 363 g/mol. The monoisotopic (exact) mass is 389 g/mol. The lowest BCUT2D eigenvalue weighted by molar-refractivity contribution is -0.929. The molecule has 3 rings (SSSR count). The Bertz CT molecular complexity index is 798. The molecule has 144 valence electrons. The summed E-state index contributed by atoms with van der Waals surface area (Å²) in [5, 5.41) is 2.78. The molecule has 1 aliphatic carbocycles. The van der Waals surface area contributed by atoms with E-state index in [0.717, 1.165) is 17.1 Å². The molecule has 1 amide bonds. The average molecular weight is 390 g/mol.